The Kier molecular flexibility index (Phi) is 6.10. The first-order valence-corrected chi connectivity index (χ1v) is 9.14. The molecule has 2 aromatic rings. The van der Waals surface area contributed by atoms with E-state index in [0.29, 0.717) is 18.2 Å². The summed E-state index contributed by atoms with van der Waals surface area (Å²) in [5.74, 6) is 0.103. The van der Waals surface area contributed by atoms with Gasteiger partial charge in [-0.05, 0) is 68.5 Å². The number of benzene rings is 2. The minimum absolute atomic E-state index is 0.0785. The second-order valence-corrected chi connectivity index (χ2v) is 6.48. The van der Waals surface area contributed by atoms with Crippen LogP contribution in [0.5, 0.6) is 11.5 Å². The summed E-state index contributed by atoms with van der Waals surface area (Å²) in [5.41, 5.74) is 0.657. The van der Waals surface area contributed by atoms with Gasteiger partial charge in [-0.25, -0.2) is 4.39 Å². The van der Waals surface area contributed by atoms with E-state index in [-0.39, 0.29) is 11.7 Å². The third kappa shape index (κ3) is 4.75. The maximum absolute atomic E-state index is 13.7. The topological polar surface area (TPSA) is 47.6 Å². The minimum Gasteiger partial charge on any atom is -0.490 e. The lowest BCUT2D eigenvalue weighted by atomic mass is 10.2. The molecule has 1 N–H and O–H groups in total. The molecule has 0 spiro atoms. The number of halogens is 1. The molecule has 0 radical (unpaired) electrons. The predicted molar refractivity (Wildman–Crippen MR) is 99.1 cm³/mol. The van der Waals surface area contributed by atoms with E-state index in [1.54, 1.807) is 24.3 Å². The Morgan fingerprint density at radius 3 is 2.50 bits per heavy atom. The summed E-state index contributed by atoms with van der Waals surface area (Å²) in [7, 11) is 0. The van der Waals surface area contributed by atoms with E-state index in [1.807, 2.05) is 19.1 Å². The van der Waals surface area contributed by atoms with Crippen LogP contribution in [0.15, 0.2) is 48.5 Å². The van der Waals surface area contributed by atoms with Gasteiger partial charge in [0.15, 0.2) is 17.7 Å². The van der Waals surface area contributed by atoms with E-state index in [0.717, 1.165) is 18.6 Å². The van der Waals surface area contributed by atoms with E-state index < -0.39 is 11.9 Å². The van der Waals surface area contributed by atoms with E-state index in [1.165, 1.54) is 25.0 Å². The molecule has 2 aromatic carbocycles. The molecule has 3 rings (SSSR count). The Labute approximate surface area is 153 Å². The Morgan fingerprint density at radius 1 is 1.15 bits per heavy atom. The van der Waals surface area contributed by atoms with Crippen LogP contribution in [-0.2, 0) is 4.79 Å². The Morgan fingerprint density at radius 2 is 1.85 bits per heavy atom. The summed E-state index contributed by atoms with van der Waals surface area (Å²) in [6.45, 7) is 1.82. The third-order valence-electron chi connectivity index (χ3n) is 4.50. The van der Waals surface area contributed by atoms with E-state index in [9.17, 15) is 9.18 Å². The Balaban J connectivity index is 1.58. The van der Waals surface area contributed by atoms with Gasteiger partial charge in [0.25, 0.3) is 5.91 Å². The molecule has 26 heavy (non-hydrogen) atoms. The SMILES string of the molecule is CC[C@H](Oc1ccccc1F)C(=O)Nc1ccc(OC2CCCC2)cc1. The van der Waals surface area contributed by atoms with Gasteiger partial charge in [-0.15, -0.1) is 0 Å². The van der Waals surface area contributed by atoms with Gasteiger partial charge in [0.1, 0.15) is 5.75 Å². The fraction of sp³-hybridized carbons (Fsp3) is 0.381. The molecular weight excluding hydrogens is 333 g/mol. The highest BCUT2D eigenvalue weighted by atomic mass is 19.1. The number of anilines is 1. The smallest absolute Gasteiger partial charge is 0.265 e. The van der Waals surface area contributed by atoms with Crippen LogP contribution in [0.3, 0.4) is 0 Å². The van der Waals surface area contributed by atoms with Crippen molar-refractivity contribution in [2.75, 3.05) is 5.32 Å². The molecule has 1 saturated carbocycles. The van der Waals surface area contributed by atoms with Crippen LogP contribution in [0, 0.1) is 5.82 Å². The lowest BCUT2D eigenvalue weighted by Gasteiger charge is -2.18. The lowest BCUT2D eigenvalue weighted by molar-refractivity contribution is -0.122. The van der Waals surface area contributed by atoms with E-state index in [4.69, 9.17) is 9.47 Å². The molecule has 0 heterocycles. The van der Waals surface area contributed by atoms with Crippen molar-refractivity contribution in [2.24, 2.45) is 0 Å². The zero-order valence-corrected chi connectivity index (χ0v) is 14.9. The first kappa shape index (κ1) is 18.2. The molecule has 0 unspecified atom stereocenters. The van der Waals surface area contributed by atoms with Gasteiger partial charge in [0.2, 0.25) is 0 Å². The highest BCUT2D eigenvalue weighted by Crippen LogP contribution is 2.25. The molecule has 0 aromatic heterocycles. The van der Waals surface area contributed by atoms with Gasteiger partial charge in [-0.3, -0.25) is 4.79 Å². The Bertz CT molecular complexity index is 726. The first-order valence-electron chi connectivity index (χ1n) is 9.14. The van der Waals surface area contributed by atoms with Gasteiger partial charge >= 0.3 is 0 Å². The van der Waals surface area contributed by atoms with Crippen LogP contribution in [0.2, 0.25) is 0 Å². The summed E-state index contributed by atoms with van der Waals surface area (Å²) in [5, 5.41) is 2.81. The lowest BCUT2D eigenvalue weighted by Crippen LogP contribution is -2.32. The number of amides is 1. The maximum atomic E-state index is 13.7. The number of para-hydroxylation sites is 1. The normalized spacial score (nSPS) is 15.5. The van der Waals surface area contributed by atoms with Crippen molar-refractivity contribution in [2.45, 2.75) is 51.2 Å². The number of carbonyl (C=O) groups is 1. The predicted octanol–water partition coefficient (Wildman–Crippen LogP) is 4.94. The number of nitrogens with one attached hydrogen (secondary N) is 1. The van der Waals surface area contributed by atoms with Crippen LogP contribution in [0.1, 0.15) is 39.0 Å². The first-order chi connectivity index (χ1) is 12.7. The van der Waals surface area contributed by atoms with Gasteiger partial charge in [0, 0.05) is 5.69 Å². The quantitative estimate of drug-likeness (QED) is 0.763. The molecule has 0 aliphatic heterocycles. The fourth-order valence-electron chi connectivity index (χ4n) is 3.05. The number of rotatable bonds is 7. The monoisotopic (exact) mass is 357 g/mol. The summed E-state index contributed by atoms with van der Waals surface area (Å²) in [6.07, 6.45) is 4.62. The molecule has 138 valence electrons. The largest absolute Gasteiger partial charge is 0.490 e. The van der Waals surface area contributed by atoms with Crippen LogP contribution in [0.4, 0.5) is 10.1 Å². The zero-order valence-electron chi connectivity index (χ0n) is 14.9. The van der Waals surface area contributed by atoms with Gasteiger partial charge in [-0.2, -0.15) is 0 Å². The van der Waals surface area contributed by atoms with Gasteiger partial charge in [-0.1, -0.05) is 19.1 Å². The van der Waals surface area contributed by atoms with Crippen molar-refractivity contribution >= 4 is 11.6 Å². The molecule has 1 atom stereocenters. The van der Waals surface area contributed by atoms with Crippen LogP contribution in [0.25, 0.3) is 0 Å². The van der Waals surface area contributed by atoms with E-state index in [2.05, 4.69) is 5.32 Å². The number of hydrogen-bond acceptors (Lipinski definition) is 3. The van der Waals surface area contributed by atoms with Gasteiger partial charge in [0.05, 0.1) is 6.10 Å². The molecule has 1 amide bonds. The van der Waals surface area contributed by atoms with Crippen molar-refractivity contribution in [1.82, 2.24) is 0 Å². The van der Waals surface area contributed by atoms with Crippen molar-refractivity contribution in [3.8, 4) is 11.5 Å². The van der Waals surface area contributed by atoms with Crippen molar-refractivity contribution in [3.05, 3.63) is 54.3 Å². The average Bonchev–Trinajstić information content (AvgIpc) is 3.15. The van der Waals surface area contributed by atoms with Crippen molar-refractivity contribution in [3.63, 3.8) is 0 Å². The second-order valence-electron chi connectivity index (χ2n) is 6.48. The highest BCUT2D eigenvalue weighted by Gasteiger charge is 2.20. The number of ether oxygens (including phenoxy) is 2. The second kappa shape index (κ2) is 8.70. The zero-order chi connectivity index (χ0) is 18.4. The van der Waals surface area contributed by atoms with Crippen molar-refractivity contribution in [1.29, 1.82) is 0 Å². The number of hydrogen-bond donors (Lipinski definition) is 1. The molecule has 1 aliphatic rings. The molecule has 4 nitrogen and oxygen atoms in total. The van der Waals surface area contributed by atoms with Crippen LogP contribution in [-0.4, -0.2) is 18.1 Å². The van der Waals surface area contributed by atoms with Crippen molar-refractivity contribution < 1.29 is 18.7 Å². The molecule has 1 fully saturated rings. The number of carbonyl (C=O) groups excluding carboxylic acids is 1. The van der Waals surface area contributed by atoms with Gasteiger partial charge < -0.3 is 14.8 Å². The van der Waals surface area contributed by atoms with Crippen LogP contribution >= 0.6 is 0 Å². The molecule has 0 saturated heterocycles. The fourth-order valence-corrected chi connectivity index (χ4v) is 3.05. The molecule has 5 heteroatoms. The summed E-state index contributed by atoms with van der Waals surface area (Å²) >= 11 is 0. The molecule has 1 aliphatic carbocycles. The standard InChI is InChI=1S/C21H24FNO3/c1-2-19(26-20-10-6-5-9-18(20)22)21(24)23-15-11-13-17(14-12-15)25-16-7-3-4-8-16/h5-6,9-14,16,19H,2-4,7-8H2,1H3,(H,23,24)/t19-/m0/s1. The minimum atomic E-state index is -0.763. The van der Waals surface area contributed by atoms with Crippen LogP contribution < -0.4 is 14.8 Å². The highest BCUT2D eigenvalue weighted by molar-refractivity contribution is 5.94. The summed E-state index contributed by atoms with van der Waals surface area (Å²) < 4.78 is 25.2. The third-order valence-corrected chi connectivity index (χ3v) is 4.50. The summed E-state index contributed by atoms with van der Waals surface area (Å²) in [6, 6.07) is 13.4. The molecule has 0 bridgehead atoms. The van der Waals surface area contributed by atoms with E-state index >= 15 is 0 Å². The average molecular weight is 357 g/mol. The molecular formula is C21H24FNO3. The maximum Gasteiger partial charge on any atom is 0.265 e. The Hall–Kier alpha value is -2.56. The summed E-state index contributed by atoms with van der Waals surface area (Å²) in [4.78, 5) is 12.4.